The minimum Gasteiger partial charge on any atom is -0.384 e. The smallest absolute Gasteiger partial charge is 0.124 e. The van der Waals surface area contributed by atoms with E-state index in [1.807, 2.05) is 19.1 Å². The Morgan fingerprint density at radius 3 is 2.85 bits per heavy atom. The Hall–Kier alpha value is -1.64. The molecular formula is C10H11N3. The lowest BCUT2D eigenvalue weighted by Crippen LogP contribution is -2.02. The monoisotopic (exact) mass is 173 g/mol. The molecule has 0 amide bonds. The van der Waals surface area contributed by atoms with Crippen molar-refractivity contribution in [2.24, 2.45) is 4.99 Å². The number of pyridine rings is 1. The van der Waals surface area contributed by atoms with Crippen LogP contribution in [0.1, 0.15) is 19.0 Å². The number of rotatable bonds is 1. The molecule has 0 spiro atoms. The van der Waals surface area contributed by atoms with Gasteiger partial charge in [0.05, 0.1) is 11.4 Å². The Kier molecular flexibility index (Phi) is 1.85. The minimum atomic E-state index is 0.546. The van der Waals surface area contributed by atoms with Crippen LogP contribution in [0.5, 0.6) is 0 Å². The molecule has 66 valence electrons. The maximum Gasteiger partial charge on any atom is 0.124 e. The molecule has 0 unspecified atom stereocenters. The van der Waals surface area contributed by atoms with Crippen molar-refractivity contribution in [2.45, 2.75) is 13.3 Å². The lowest BCUT2D eigenvalue weighted by molar-refractivity contribution is 1.27. The number of nitrogens with two attached hydrogens (primary N) is 1. The zero-order valence-electron chi connectivity index (χ0n) is 7.49. The maximum absolute atomic E-state index is 5.58. The molecule has 0 radical (unpaired) electrons. The zero-order chi connectivity index (χ0) is 9.26. The third-order valence-electron chi connectivity index (χ3n) is 1.97. The second-order valence-electron chi connectivity index (χ2n) is 3.06. The standard InChI is InChI=1S/C10H11N3/c1-7-5-6-9(12-7)8-3-2-4-10(11)13-8/h2-5H,6H2,1H3,(H2,11,13). The van der Waals surface area contributed by atoms with Gasteiger partial charge in [0.1, 0.15) is 5.82 Å². The lowest BCUT2D eigenvalue weighted by atomic mass is 10.2. The van der Waals surface area contributed by atoms with Gasteiger partial charge in [-0.1, -0.05) is 12.1 Å². The molecule has 0 aliphatic carbocycles. The number of aromatic nitrogens is 1. The fourth-order valence-corrected chi connectivity index (χ4v) is 1.32. The molecule has 0 saturated carbocycles. The fraction of sp³-hybridized carbons (Fsp3) is 0.200. The van der Waals surface area contributed by atoms with E-state index in [9.17, 15) is 0 Å². The fourth-order valence-electron chi connectivity index (χ4n) is 1.32. The van der Waals surface area contributed by atoms with Crippen molar-refractivity contribution in [3.63, 3.8) is 0 Å². The molecule has 2 N–H and O–H groups in total. The molecule has 0 atom stereocenters. The van der Waals surface area contributed by atoms with Gasteiger partial charge >= 0.3 is 0 Å². The Morgan fingerprint density at radius 1 is 1.38 bits per heavy atom. The van der Waals surface area contributed by atoms with Crippen LogP contribution in [0.2, 0.25) is 0 Å². The highest BCUT2D eigenvalue weighted by atomic mass is 14.9. The Bertz CT molecular complexity index is 391. The molecule has 1 aliphatic heterocycles. The van der Waals surface area contributed by atoms with Crippen molar-refractivity contribution < 1.29 is 0 Å². The minimum absolute atomic E-state index is 0.546. The Labute approximate surface area is 77.0 Å². The van der Waals surface area contributed by atoms with E-state index in [1.54, 1.807) is 6.07 Å². The second kappa shape index (κ2) is 3.01. The first-order chi connectivity index (χ1) is 6.25. The van der Waals surface area contributed by atoms with Crippen LogP contribution >= 0.6 is 0 Å². The largest absolute Gasteiger partial charge is 0.384 e. The van der Waals surface area contributed by atoms with Gasteiger partial charge in [-0.3, -0.25) is 4.99 Å². The number of nitrogen functional groups attached to an aromatic ring is 1. The van der Waals surface area contributed by atoms with E-state index in [0.717, 1.165) is 23.5 Å². The molecule has 3 nitrogen and oxygen atoms in total. The van der Waals surface area contributed by atoms with Gasteiger partial charge in [-0.05, 0) is 19.1 Å². The van der Waals surface area contributed by atoms with Crippen LogP contribution in [-0.2, 0) is 0 Å². The van der Waals surface area contributed by atoms with Crippen molar-refractivity contribution in [3.05, 3.63) is 35.7 Å². The van der Waals surface area contributed by atoms with E-state index in [1.165, 1.54) is 0 Å². The predicted octanol–water partition coefficient (Wildman–Crippen LogP) is 1.76. The van der Waals surface area contributed by atoms with Crippen molar-refractivity contribution in [1.82, 2.24) is 4.98 Å². The summed E-state index contributed by atoms with van der Waals surface area (Å²) in [6, 6.07) is 5.61. The molecular weight excluding hydrogens is 162 g/mol. The first-order valence-electron chi connectivity index (χ1n) is 4.23. The summed E-state index contributed by atoms with van der Waals surface area (Å²) >= 11 is 0. The number of allylic oxidation sites excluding steroid dienone is 2. The quantitative estimate of drug-likeness (QED) is 0.703. The van der Waals surface area contributed by atoms with Crippen LogP contribution in [0.25, 0.3) is 0 Å². The van der Waals surface area contributed by atoms with E-state index in [4.69, 9.17) is 5.73 Å². The van der Waals surface area contributed by atoms with Gasteiger partial charge in [0.25, 0.3) is 0 Å². The van der Waals surface area contributed by atoms with Crippen LogP contribution in [0.4, 0.5) is 5.82 Å². The van der Waals surface area contributed by atoms with E-state index in [-0.39, 0.29) is 0 Å². The number of hydrogen-bond acceptors (Lipinski definition) is 3. The van der Waals surface area contributed by atoms with Gasteiger partial charge in [-0.2, -0.15) is 0 Å². The van der Waals surface area contributed by atoms with E-state index >= 15 is 0 Å². The molecule has 3 heteroatoms. The van der Waals surface area contributed by atoms with Gasteiger partial charge < -0.3 is 5.73 Å². The van der Waals surface area contributed by atoms with Crippen LogP contribution < -0.4 is 5.73 Å². The molecule has 2 rings (SSSR count). The number of anilines is 1. The highest BCUT2D eigenvalue weighted by Gasteiger charge is 2.08. The summed E-state index contributed by atoms with van der Waals surface area (Å²) in [6.07, 6.45) is 2.95. The van der Waals surface area contributed by atoms with Gasteiger partial charge in [0.15, 0.2) is 0 Å². The van der Waals surface area contributed by atoms with Crippen molar-refractivity contribution in [1.29, 1.82) is 0 Å². The van der Waals surface area contributed by atoms with E-state index < -0.39 is 0 Å². The summed E-state index contributed by atoms with van der Waals surface area (Å²) < 4.78 is 0. The molecule has 0 bridgehead atoms. The molecule has 0 saturated heterocycles. The van der Waals surface area contributed by atoms with Gasteiger partial charge in [-0.15, -0.1) is 0 Å². The maximum atomic E-state index is 5.58. The van der Waals surface area contributed by atoms with E-state index in [0.29, 0.717) is 5.82 Å². The number of hydrogen-bond donors (Lipinski definition) is 1. The first kappa shape index (κ1) is 7.98. The van der Waals surface area contributed by atoms with Gasteiger partial charge in [0.2, 0.25) is 0 Å². The molecule has 1 aromatic rings. The van der Waals surface area contributed by atoms with Crippen molar-refractivity contribution in [2.75, 3.05) is 5.73 Å². The number of nitrogens with zero attached hydrogens (tertiary/aromatic N) is 2. The Morgan fingerprint density at radius 2 is 2.23 bits per heavy atom. The highest BCUT2D eigenvalue weighted by Crippen LogP contribution is 2.14. The second-order valence-corrected chi connectivity index (χ2v) is 3.06. The highest BCUT2D eigenvalue weighted by molar-refractivity contribution is 6.02. The average molecular weight is 173 g/mol. The lowest BCUT2D eigenvalue weighted by Gasteiger charge is -1.99. The first-order valence-corrected chi connectivity index (χ1v) is 4.23. The SMILES string of the molecule is CC1=CCC(c2cccc(N)n2)=N1. The summed E-state index contributed by atoms with van der Waals surface area (Å²) in [6.45, 7) is 1.99. The third kappa shape index (κ3) is 1.59. The summed E-state index contributed by atoms with van der Waals surface area (Å²) in [7, 11) is 0. The molecule has 0 aromatic carbocycles. The summed E-state index contributed by atoms with van der Waals surface area (Å²) in [5.74, 6) is 0.546. The molecule has 1 aliphatic rings. The molecule has 1 aromatic heterocycles. The van der Waals surface area contributed by atoms with Crippen LogP contribution in [0.3, 0.4) is 0 Å². The van der Waals surface area contributed by atoms with Crippen LogP contribution in [0.15, 0.2) is 35.0 Å². The molecule has 2 heterocycles. The van der Waals surface area contributed by atoms with Gasteiger partial charge in [0, 0.05) is 12.1 Å². The summed E-state index contributed by atoms with van der Waals surface area (Å²) in [5.41, 5.74) is 8.52. The average Bonchev–Trinajstić information content (AvgIpc) is 2.52. The van der Waals surface area contributed by atoms with Crippen LogP contribution in [0, 0.1) is 0 Å². The normalized spacial score (nSPS) is 15.5. The third-order valence-corrected chi connectivity index (χ3v) is 1.97. The van der Waals surface area contributed by atoms with Crippen molar-refractivity contribution >= 4 is 11.5 Å². The molecule has 0 fully saturated rings. The van der Waals surface area contributed by atoms with E-state index in [2.05, 4.69) is 16.1 Å². The van der Waals surface area contributed by atoms with Crippen LogP contribution in [-0.4, -0.2) is 10.7 Å². The van der Waals surface area contributed by atoms with Gasteiger partial charge in [-0.25, -0.2) is 4.98 Å². The Balaban J connectivity index is 2.33. The predicted molar refractivity (Wildman–Crippen MR) is 53.6 cm³/mol. The molecule has 13 heavy (non-hydrogen) atoms. The number of aliphatic imine (C=N–C) groups is 1. The zero-order valence-corrected chi connectivity index (χ0v) is 7.49. The summed E-state index contributed by atoms with van der Waals surface area (Å²) in [4.78, 5) is 8.56. The topological polar surface area (TPSA) is 51.3 Å². The summed E-state index contributed by atoms with van der Waals surface area (Å²) in [5, 5.41) is 0. The van der Waals surface area contributed by atoms with Crippen molar-refractivity contribution in [3.8, 4) is 0 Å².